The summed E-state index contributed by atoms with van der Waals surface area (Å²) < 4.78 is 16.4. The molecule has 1 aromatic heterocycles. The number of nitrogens with one attached hydrogen (secondary N) is 2. The van der Waals surface area contributed by atoms with Crippen molar-refractivity contribution >= 4 is 34.0 Å². The lowest BCUT2D eigenvalue weighted by atomic mass is 10.1. The highest BCUT2D eigenvalue weighted by Gasteiger charge is 2.24. The van der Waals surface area contributed by atoms with Crippen LogP contribution in [-0.2, 0) is 9.59 Å². The third-order valence-corrected chi connectivity index (χ3v) is 5.99. The van der Waals surface area contributed by atoms with E-state index in [9.17, 15) is 9.59 Å². The van der Waals surface area contributed by atoms with E-state index in [2.05, 4.69) is 15.6 Å². The van der Waals surface area contributed by atoms with Crippen molar-refractivity contribution in [2.75, 3.05) is 24.4 Å². The van der Waals surface area contributed by atoms with Crippen LogP contribution in [-0.4, -0.2) is 36.6 Å². The summed E-state index contributed by atoms with van der Waals surface area (Å²) in [5.41, 5.74) is 2.22. The molecule has 2 N–H and O–H groups in total. The molecule has 0 saturated carbocycles. The Kier molecular flexibility index (Phi) is 6.79. The minimum Gasteiger partial charge on any atom is -0.497 e. The highest BCUT2D eigenvalue weighted by molar-refractivity contribution is 7.16. The predicted octanol–water partition coefficient (Wildman–Crippen LogP) is 4.64. The summed E-state index contributed by atoms with van der Waals surface area (Å²) in [6, 6.07) is 12.9. The van der Waals surface area contributed by atoms with Crippen LogP contribution < -0.4 is 24.8 Å². The number of hydrogen-bond donors (Lipinski definition) is 2. The fraction of sp³-hybridized carbons (Fsp3) is 0.292. The number of aryl methyl sites for hydroxylation is 1. The van der Waals surface area contributed by atoms with Crippen molar-refractivity contribution in [3.8, 4) is 28.5 Å². The lowest BCUT2D eigenvalue weighted by Gasteiger charge is -2.23. The van der Waals surface area contributed by atoms with Crippen molar-refractivity contribution in [1.82, 2.24) is 4.98 Å². The monoisotopic (exact) mass is 467 g/mol. The van der Waals surface area contributed by atoms with E-state index in [1.165, 1.54) is 11.3 Å². The summed E-state index contributed by atoms with van der Waals surface area (Å²) in [4.78, 5) is 29.8. The first-order valence-electron chi connectivity index (χ1n) is 10.6. The molecule has 0 saturated heterocycles. The zero-order valence-corrected chi connectivity index (χ0v) is 19.5. The van der Waals surface area contributed by atoms with Gasteiger partial charge in [0.15, 0.2) is 11.2 Å². The smallest absolute Gasteiger partial charge is 0.265 e. The van der Waals surface area contributed by atoms with Crippen LogP contribution in [0.3, 0.4) is 0 Å². The van der Waals surface area contributed by atoms with Gasteiger partial charge in [0, 0.05) is 16.9 Å². The van der Waals surface area contributed by atoms with Gasteiger partial charge in [-0.25, -0.2) is 4.98 Å². The molecule has 2 amide bonds. The second kappa shape index (κ2) is 9.91. The Morgan fingerprint density at radius 3 is 2.73 bits per heavy atom. The van der Waals surface area contributed by atoms with E-state index in [-0.39, 0.29) is 11.8 Å². The summed E-state index contributed by atoms with van der Waals surface area (Å²) in [5, 5.41) is 6.25. The zero-order valence-electron chi connectivity index (χ0n) is 18.6. The largest absolute Gasteiger partial charge is 0.497 e. The number of thiazole rings is 1. The van der Waals surface area contributed by atoms with Gasteiger partial charge in [-0.2, -0.15) is 0 Å². The molecule has 0 fully saturated rings. The summed E-state index contributed by atoms with van der Waals surface area (Å²) >= 11 is 1.41. The van der Waals surface area contributed by atoms with Crippen molar-refractivity contribution in [2.24, 2.45) is 0 Å². The van der Waals surface area contributed by atoms with Crippen molar-refractivity contribution < 1.29 is 23.8 Å². The van der Waals surface area contributed by atoms with Gasteiger partial charge in [-0.15, -0.1) is 11.3 Å². The molecule has 172 valence electrons. The molecule has 2 heterocycles. The molecular weight excluding hydrogens is 442 g/mol. The van der Waals surface area contributed by atoms with Gasteiger partial charge in [0.2, 0.25) is 5.91 Å². The Balaban J connectivity index is 1.31. The molecule has 0 bridgehead atoms. The number of amides is 2. The number of ether oxygens (including phenoxy) is 3. The molecule has 0 spiro atoms. The van der Waals surface area contributed by atoms with Crippen LogP contribution >= 0.6 is 11.3 Å². The molecule has 8 nitrogen and oxygen atoms in total. The first-order chi connectivity index (χ1) is 15.9. The number of carbonyl (C=O) groups excluding carboxylic acids is 2. The van der Waals surface area contributed by atoms with Crippen LogP contribution in [0, 0.1) is 6.92 Å². The van der Waals surface area contributed by atoms with Crippen molar-refractivity contribution in [3.63, 3.8) is 0 Å². The molecule has 3 aromatic rings. The van der Waals surface area contributed by atoms with Crippen LogP contribution in [0.5, 0.6) is 17.2 Å². The van der Waals surface area contributed by atoms with Crippen LogP contribution in [0.25, 0.3) is 11.3 Å². The normalized spacial score (nSPS) is 14.6. The maximum atomic E-state index is 12.3. The maximum Gasteiger partial charge on any atom is 0.265 e. The maximum absolute atomic E-state index is 12.3. The third kappa shape index (κ3) is 5.43. The lowest BCUT2D eigenvalue weighted by Crippen LogP contribution is -2.34. The van der Waals surface area contributed by atoms with E-state index >= 15 is 0 Å². The van der Waals surface area contributed by atoms with E-state index in [0.29, 0.717) is 36.0 Å². The fourth-order valence-corrected chi connectivity index (χ4v) is 4.20. The van der Waals surface area contributed by atoms with Crippen molar-refractivity contribution in [1.29, 1.82) is 0 Å². The summed E-state index contributed by atoms with van der Waals surface area (Å²) in [7, 11) is 1.61. The average molecular weight is 468 g/mol. The van der Waals surface area contributed by atoms with Crippen LogP contribution in [0.4, 0.5) is 10.8 Å². The van der Waals surface area contributed by atoms with E-state index < -0.39 is 6.10 Å². The van der Waals surface area contributed by atoms with Crippen molar-refractivity contribution in [2.45, 2.75) is 32.8 Å². The molecule has 4 rings (SSSR count). The Hall–Kier alpha value is -3.59. The predicted molar refractivity (Wildman–Crippen MR) is 127 cm³/mol. The standard InChI is InChI=1S/C24H25N3O5S/c1-14-23(29)25-19-13-16(6-11-20(19)32-14)22-15(2)33-24(27-22)26-21(28)5-4-12-31-18-9-7-17(30-3)8-10-18/h6-11,13-14H,4-5,12H2,1-3H3,(H,25,29)(H,26,27,28). The molecular formula is C24H25N3O5S. The Bertz CT molecular complexity index is 1160. The number of methoxy groups -OCH3 is 1. The minimum absolute atomic E-state index is 0.117. The van der Waals surface area contributed by atoms with Gasteiger partial charge >= 0.3 is 0 Å². The molecule has 1 aliphatic rings. The topological polar surface area (TPSA) is 98.8 Å². The average Bonchev–Trinajstić information content (AvgIpc) is 3.17. The molecule has 1 aliphatic heterocycles. The zero-order chi connectivity index (χ0) is 23.4. The number of carbonyl (C=O) groups is 2. The molecule has 33 heavy (non-hydrogen) atoms. The van der Waals surface area contributed by atoms with E-state index in [1.807, 2.05) is 49.4 Å². The Labute approximate surface area is 195 Å². The second-order valence-corrected chi connectivity index (χ2v) is 8.76. The van der Waals surface area contributed by atoms with Gasteiger partial charge in [0.25, 0.3) is 5.91 Å². The van der Waals surface area contributed by atoms with Crippen molar-refractivity contribution in [3.05, 3.63) is 47.3 Å². The number of anilines is 2. The Morgan fingerprint density at radius 1 is 1.21 bits per heavy atom. The van der Waals surface area contributed by atoms with Gasteiger partial charge in [-0.1, -0.05) is 0 Å². The quantitative estimate of drug-likeness (QED) is 0.468. The number of aromatic nitrogens is 1. The minimum atomic E-state index is -0.521. The molecule has 0 aliphatic carbocycles. The van der Waals surface area contributed by atoms with Crippen LogP contribution in [0.15, 0.2) is 42.5 Å². The Morgan fingerprint density at radius 2 is 1.97 bits per heavy atom. The number of benzene rings is 2. The number of nitrogens with zero attached hydrogens (tertiary/aromatic N) is 1. The lowest BCUT2D eigenvalue weighted by molar-refractivity contribution is -0.122. The summed E-state index contributed by atoms with van der Waals surface area (Å²) in [5.74, 6) is 1.83. The molecule has 1 atom stereocenters. The fourth-order valence-electron chi connectivity index (χ4n) is 3.35. The highest BCUT2D eigenvalue weighted by atomic mass is 32.1. The van der Waals surface area contributed by atoms with E-state index in [0.717, 1.165) is 27.6 Å². The molecule has 0 radical (unpaired) electrons. The third-order valence-electron chi connectivity index (χ3n) is 5.10. The van der Waals surface area contributed by atoms with Gasteiger partial charge in [0.05, 0.1) is 25.1 Å². The van der Waals surface area contributed by atoms with E-state index in [4.69, 9.17) is 14.2 Å². The first-order valence-corrected chi connectivity index (χ1v) is 11.4. The van der Waals surface area contributed by atoms with Gasteiger partial charge in [0.1, 0.15) is 17.2 Å². The number of fused-ring (bicyclic) bond motifs is 1. The van der Waals surface area contributed by atoms with Crippen LogP contribution in [0.2, 0.25) is 0 Å². The van der Waals surface area contributed by atoms with Gasteiger partial charge in [-0.05, 0) is 62.7 Å². The summed E-state index contributed by atoms with van der Waals surface area (Å²) in [6.07, 6.45) is 0.385. The number of hydrogen-bond acceptors (Lipinski definition) is 7. The van der Waals surface area contributed by atoms with E-state index in [1.54, 1.807) is 14.0 Å². The first kappa shape index (κ1) is 22.6. The highest BCUT2D eigenvalue weighted by Crippen LogP contribution is 2.37. The SMILES string of the molecule is COc1ccc(OCCCC(=O)Nc2nc(-c3ccc4c(c3)NC(=O)C(C)O4)c(C)s2)cc1. The summed E-state index contributed by atoms with van der Waals surface area (Å²) in [6.45, 7) is 4.09. The van der Waals surface area contributed by atoms with Gasteiger partial charge in [-0.3, -0.25) is 9.59 Å². The molecule has 2 aromatic carbocycles. The number of rotatable bonds is 8. The van der Waals surface area contributed by atoms with Crippen LogP contribution in [0.1, 0.15) is 24.6 Å². The molecule has 9 heteroatoms. The second-order valence-electron chi connectivity index (χ2n) is 7.56. The van der Waals surface area contributed by atoms with Gasteiger partial charge < -0.3 is 24.8 Å². The molecule has 1 unspecified atom stereocenters.